The number of hydrogen-bond acceptors (Lipinski definition) is 3. The van der Waals surface area contributed by atoms with Crippen molar-refractivity contribution in [2.45, 2.75) is 39.0 Å². The molecule has 2 atom stereocenters. The monoisotopic (exact) mass is 404 g/mol. The van der Waals surface area contributed by atoms with E-state index in [2.05, 4.69) is 13.8 Å². The smallest absolute Gasteiger partial charge is 0.238 e. The molecular formula is C21H30N3O3S+. The number of carbonyl (C=O) groups is 1. The van der Waals surface area contributed by atoms with Crippen LogP contribution in [0, 0.1) is 25.7 Å². The maximum atomic E-state index is 13.0. The topological polar surface area (TPSA) is 86.6 Å². The van der Waals surface area contributed by atoms with E-state index in [1.165, 1.54) is 23.5 Å². The van der Waals surface area contributed by atoms with Gasteiger partial charge in [0.05, 0.1) is 18.0 Å². The summed E-state index contributed by atoms with van der Waals surface area (Å²) < 4.78 is 24.9. The number of primary sulfonamides is 1. The number of nitrogens with two attached hydrogens (primary N) is 1. The number of nitrogens with zero attached hydrogens (tertiary/aromatic N) is 1. The summed E-state index contributed by atoms with van der Waals surface area (Å²) in [4.78, 5) is 14.4. The molecule has 0 spiro atoms. The summed E-state index contributed by atoms with van der Waals surface area (Å²) in [7, 11) is -3.72. The van der Waals surface area contributed by atoms with Gasteiger partial charge in [0.25, 0.3) is 0 Å². The second kappa shape index (κ2) is 7.81. The number of ketones is 1. The lowest BCUT2D eigenvalue weighted by molar-refractivity contribution is -0.903. The molecule has 3 rings (SSSR count). The number of aromatic nitrogens is 1. The summed E-state index contributed by atoms with van der Waals surface area (Å²) in [5.41, 5.74) is 3.38. The lowest BCUT2D eigenvalue weighted by atomic mass is 9.91. The van der Waals surface area contributed by atoms with Crippen molar-refractivity contribution in [3.05, 3.63) is 47.3 Å². The predicted octanol–water partition coefficient (Wildman–Crippen LogP) is 1.49. The number of rotatable bonds is 5. The molecule has 1 aromatic carbocycles. The Kier molecular flexibility index (Phi) is 5.79. The molecule has 0 bridgehead atoms. The number of sulfonamides is 1. The number of hydrogen-bond donors (Lipinski definition) is 2. The second-order valence-electron chi connectivity index (χ2n) is 8.36. The zero-order valence-corrected chi connectivity index (χ0v) is 17.8. The van der Waals surface area contributed by atoms with E-state index in [9.17, 15) is 13.2 Å². The minimum Gasteiger partial charge on any atom is -0.328 e. The number of Topliss-reactive ketones (excluding diaryl/α,β-unsaturated/α-hetero) is 1. The van der Waals surface area contributed by atoms with Crippen LogP contribution in [-0.2, 0) is 10.0 Å². The van der Waals surface area contributed by atoms with Crippen LogP contribution in [0.3, 0.4) is 0 Å². The van der Waals surface area contributed by atoms with Crippen molar-refractivity contribution in [1.82, 2.24) is 4.57 Å². The van der Waals surface area contributed by atoms with Crippen LogP contribution in [0.15, 0.2) is 35.2 Å². The summed E-state index contributed by atoms with van der Waals surface area (Å²) >= 11 is 0. The van der Waals surface area contributed by atoms with Crippen LogP contribution >= 0.6 is 0 Å². The minimum atomic E-state index is -3.72. The first-order valence-electron chi connectivity index (χ1n) is 9.75. The van der Waals surface area contributed by atoms with Crippen molar-refractivity contribution in [3.63, 3.8) is 0 Å². The molecule has 1 saturated heterocycles. The van der Waals surface area contributed by atoms with Gasteiger partial charge in [-0.1, -0.05) is 13.8 Å². The first-order valence-corrected chi connectivity index (χ1v) is 11.3. The van der Waals surface area contributed by atoms with Crippen molar-refractivity contribution in [2.75, 3.05) is 19.6 Å². The predicted molar refractivity (Wildman–Crippen MR) is 109 cm³/mol. The molecule has 0 amide bonds. The maximum Gasteiger partial charge on any atom is 0.238 e. The molecule has 0 radical (unpaired) electrons. The fourth-order valence-corrected chi connectivity index (χ4v) is 5.13. The normalized spacial score (nSPS) is 23.0. The van der Waals surface area contributed by atoms with E-state index >= 15 is 0 Å². The zero-order valence-electron chi connectivity index (χ0n) is 17.0. The van der Waals surface area contributed by atoms with Crippen LogP contribution in [0.1, 0.15) is 42.0 Å². The van der Waals surface area contributed by atoms with Gasteiger partial charge in [-0.25, -0.2) is 13.6 Å². The van der Waals surface area contributed by atoms with Crippen molar-refractivity contribution in [3.8, 4) is 5.69 Å². The van der Waals surface area contributed by atoms with E-state index in [1.807, 2.05) is 24.5 Å². The van der Waals surface area contributed by atoms with Gasteiger partial charge in [0.2, 0.25) is 15.8 Å². The number of quaternary nitrogens is 1. The minimum absolute atomic E-state index is 0.0759. The molecule has 1 fully saturated rings. The molecule has 1 aliphatic heterocycles. The SMILES string of the molecule is Cc1cc(C(=O)C[NH+]2C[C@@H](C)C[C@H](C)C2)c(C)n1-c1ccc(S(N)(=O)=O)cc1. The molecule has 2 aromatic rings. The zero-order chi connectivity index (χ0) is 20.6. The van der Waals surface area contributed by atoms with Crippen LogP contribution in [0.25, 0.3) is 5.69 Å². The van der Waals surface area contributed by atoms with Gasteiger partial charge < -0.3 is 9.47 Å². The van der Waals surface area contributed by atoms with E-state index in [0.717, 1.165) is 35.7 Å². The number of aryl methyl sites for hydroxylation is 1. The molecule has 28 heavy (non-hydrogen) atoms. The van der Waals surface area contributed by atoms with Crippen molar-refractivity contribution in [1.29, 1.82) is 0 Å². The van der Waals surface area contributed by atoms with E-state index in [1.54, 1.807) is 12.1 Å². The third-order valence-electron chi connectivity index (χ3n) is 5.64. The van der Waals surface area contributed by atoms with E-state index in [-0.39, 0.29) is 10.7 Å². The molecule has 6 nitrogen and oxygen atoms in total. The standard InChI is InChI=1S/C21H29N3O3S/c1-14-9-15(2)12-23(11-14)13-21(25)20-10-16(3)24(17(20)4)18-5-7-19(8-6-18)28(22,26)27/h5-8,10,14-15H,9,11-13H2,1-4H3,(H2,22,26,27)/p+1/t14-,15-/m0/s1. The average Bonchev–Trinajstić information content (AvgIpc) is 2.88. The maximum absolute atomic E-state index is 13.0. The van der Waals surface area contributed by atoms with Crippen LogP contribution in [0.5, 0.6) is 0 Å². The van der Waals surface area contributed by atoms with Crippen LogP contribution in [-0.4, -0.2) is 38.4 Å². The molecule has 7 heteroatoms. The largest absolute Gasteiger partial charge is 0.328 e. The number of likely N-dealkylation sites (tertiary alicyclic amines) is 1. The third-order valence-corrected chi connectivity index (χ3v) is 6.57. The summed E-state index contributed by atoms with van der Waals surface area (Å²) in [6, 6.07) is 8.35. The van der Waals surface area contributed by atoms with E-state index in [4.69, 9.17) is 5.14 Å². The molecule has 3 N–H and O–H groups in total. The number of carbonyl (C=O) groups excluding carboxylic acids is 1. The van der Waals surface area contributed by atoms with Crippen molar-refractivity contribution >= 4 is 15.8 Å². The molecular weight excluding hydrogens is 374 g/mol. The lowest BCUT2D eigenvalue weighted by Gasteiger charge is -2.31. The van der Waals surface area contributed by atoms with Gasteiger partial charge in [-0.15, -0.1) is 0 Å². The third kappa shape index (κ3) is 4.37. The quantitative estimate of drug-likeness (QED) is 0.740. The van der Waals surface area contributed by atoms with Gasteiger partial charge >= 0.3 is 0 Å². The summed E-state index contributed by atoms with van der Waals surface area (Å²) in [5, 5.41) is 5.18. The van der Waals surface area contributed by atoms with E-state index in [0.29, 0.717) is 18.4 Å². The van der Waals surface area contributed by atoms with Gasteiger partial charge in [0, 0.05) is 34.5 Å². The summed E-state index contributed by atoms with van der Waals surface area (Å²) in [6.45, 7) is 11.0. The number of benzene rings is 1. The van der Waals surface area contributed by atoms with Gasteiger partial charge in [-0.2, -0.15) is 0 Å². The highest BCUT2D eigenvalue weighted by Crippen LogP contribution is 2.22. The fourth-order valence-electron chi connectivity index (χ4n) is 4.62. The highest BCUT2D eigenvalue weighted by atomic mass is 32.2. The van der Waals surface area contributed by atoms with Crippen molar-refractivity contribution < 1.29 is 18.1 Å². The fraction of sp³-hybridized carbons (Fsp3) is 0.476. The molecule has 0 aliphatic carbocycles. The molecule has 0 unspecified atom stereocenters. The first-order chi connectivity index (χ1) is 13.1. The lowest BCUT2D eigenvalue weighted by Crippen LogP contribution is -3.15. The van der Waals surface area contributed by atoms with Crippen LogP contribution in [0.2, 0.25) is 0 Å². The summed E-state index contributed by atoms with van der Waals surface area (Å²) in [6.07, 6.45) is 1.24. The van der Waals surface area contributed by atoms with Crippen LogP contribution < -0.4 is 10.0 Å². The first kappa shape index (κ1) is 20.8. The van der Waals surface area contributed by atoms with Gasteiger partial charge in [-0.05, 0) is 50.6 Å². The molecule has 1 aliphatic rings. The number of nitrogens with one attached hydrogen (secondary N) is 1. The highest BCUT2D eigenvalue weighted by Gasteiger charge is 2.28. The Labute approximate surface area is 167 Å². The molecule has 152 valence electrons. The van der Waals surface area contributed by atoms with E-state index < -0.39 is 10.0 Å². The Hall–Kier alpha value is -1.96. The second-order valence-corrected chi connectivity index (χ2v) is 9.92. The number of piperidine rings is 1. The molecule has 2 heterocycles. The Bertz CT molecular complexity index is 967. The van der Waals surface area contributed by atoms with Gasteiger partial charge in [0.1, 0.15) is 6.54 Å². The molecule has 1 aromatic heterocycles. The highest BCUT2D eigenvalue weighted by molar-refractivity contribution is 7.89. The summed E-state index contributed by atoms with van der Waals surface area (Å²) in [5.74, 6) is 1.46. The van der Waals surface area contributed by atoms with Crippen LogP contribution in [0.4, 0.5) is 0 Å². The Morgan fingerprint density at radius 3 is 2.25 bits per heavy atom. The Morgan fingerprint density at radius 2 is 1.71 bits per heavy atom. The van der Waals surface area contributed by atoms with Gasteiger partial charge in [-0.3, -0.25) is 4.79 Å². The Balaban J connectivity index is 1.84. The average molecular weight is 405 g/mol. The molecule has 0 saturated carbocycles. The van der Waals surface area contributed by atoms with Crippen molar-refractivity contribution in [2.24, 2.45) is 17.0 Å². The van der Waals surface area contributed by atoms with Gasteiger partial charge in [0.15, 0.2) is 0 Å². The Morgan fingerprint density at radius 1 is 1.14 bits per heavy atom.